The number of likely N-dealkylation sites (tertiary alicyclic amines) is 1. The zero-order valence-electron chi connectivity index (χ0n) is 9.56. The molecular formula is C11H16Cl2N2OS. The van der Waals surface area contributed by atoms with Crippen LogP contribution in [0.3, 0.4) is 0 Å². The molecule has 0 aliphatic carbocycles. The molecule has 1 aromatic heterocycles. The van der Waals surface area contributed by atoms with Gasteiger partial charge in [0.1, 0.15) is 4.88 Å². The summed E-state index contributed by atoms with van der Waals surface area (Å²) in [6, 6.07) is 1.97. The highest BCUT2D eigenvalue weighted by Crippen LogP contribution is 2.25. The molecule has 1 aromatic rings. The number of thiophene rings is 1. The van der Waals surface area contributed by atoms with Crippen LogP contribution < -0.4 is 5.73 Å². The molecule has 0 saturated carbocycles. The lowest BCUT2D eigenvalue weighted by Crippen LogP contribution is -2.48. The zero-order valence-corrected chi connectivity index (χ0v) is 11.9. The predicted octanol–water partition coefficient (Wildman–Crippen LogP) is 2.63. The topological polar surface area (TPSA) is 46.3 Å². The van der Waals surface area contributed by atoms with Crippen LogP contribution in [0.15, 0.2) is 11.4 Å². The van der Waals surface area contributed by atoms with Gasteiger partial charge in [-0.3, -0.25) is 4.79 Å². The fourth-order valence-corrected chi connectivity index (χ4v) is 3.04. The fraction of sp³-hybridized carbons (Fsp3) is 0.545. The van der Waals surface area contributed by atoms with Gasteiger partial charge in [0.25, 0.3) is 5.91 Å². The van der Waals surface area contributed by atoms with Crippen molar-refractivity contribution >= 4 is 41.3 Å². The number of rotatable bonds is 1. The zero-order chi connectivity index (χ0) is 11.7. The molecule has 2 atom stereocenters. The number of amides is 1. The first-order valence-corrected chi connectivity index (χ1v) is 6.63. The SMILES string of the molecule is CC1CN(C(=O)c2sccc2Cl)CCC1N.Cl. The third kappa shape index (κ3) is 3.13. The highest BCUT2D eigenvalue weighted by molar-refractivity contribution is 7.12. The molecular weight excluding hydrogens is 279 g/mol. The van der Waals surface area contributed by atoms with Crippen molar-refractivity contribution in [2.75, 3.05) is 13.1 Å². The van der Waals surface area contributed by atoms with E-state index in [1.54, 1.807) is 6.07 Å². The van der Waals surface area contributed by atoms with Gasteiger partial charge in [0.05, 0.1) is 5.02 Å². The molecule has 0 radical (unpaired) electrons. The third-order valence-electron chi connectivity index (χ3n) is 3.07. The second kappa shape index (κ2) is 6.05. The van der Waals surface area contributed by atoms with Crippen LogP contribution in [0.1, 0.15) is 23.0 Å². The van der Waals surface area contributed by atoms with E-state index >= 15 is 0 Å². The maximum Gasteiger partial charge on any atom is 0.265 e. The summed E-state index contributed by atoms with van der Waals surface area (Å²) >= 11 is 7.36. The number of hydrogen-bond donors (Lipinski definition) is 1. The molecule has 2 unspecified atom stereocenters. The standard InChI is InChI=1S/C11H15ClN2OS.ClH/c1-7-6-14(4-2-9(7)13)11(15)10-8(12)3-5-16-10;/h3,5,7,9H,2,4,6,13H2,1H3;1H. The maximum atomic E-state index is 12.1. The van der Waals surface area contributed by atoms with E-state index in [0.717, 1.165) is 19.5 Å². The minimum Gasteiger partial charge on any atom is -0.338 e. The summed E-state index contributed by atoms with van der Waals surface area (Å²) in [7, 11) is 0. The Hall–Kier alpha value is -0.290. The first-order valence-electron chi connectivity index (χ1n) is 5.37. The molecule has 17 heavy (non-hydrogen) atoms. The van der Waals surface area contributed by atoms with E-state index in [-0.39, 0.29) is 24.4 Å². The van der Waals surface area contributed by atoms with Crippen molar-refractivity contribution in [2.45, 2.75) is 19.4 Å². The van der Waals surface area contributed by atoms with E-state index in [1.165, 1.54) is 11.3 Å². The summed E-state index contributed by atoms with van der Waals surface area (Å²) in [5, 5.41) is 2.40. The van der Waals surface area contributed by atoms with Crippen LogP contribution in [-0.4, -0.2) is 29.9 Å². The van der Waals surface area contributed by atoms with Crippen molar-refractivity contribution in [1.29, 1.82) is 0 Å². The molecule has 3 nitrogen and oxygen atoms in total. The monoisotopic (exact) mass is 294 g/mol. The summed E-state index contributed by atoms with van der Waals surface area (Å²) in [6.07, 6.45) is 0.871. The van der Waals surface area contributed by atoms with Crippen LogP contribution in [0.25, 0.3) is 0 Å². The van der Waals surface area contributed by atoms with E-state index in [2.05, 4.69) is 6.92 Å². The summed E-state index contributed by atoms with van der Waals surface area (Å²) in [5.74, 6) is 0.398. The number of halogens is 2. The molecule has 1 fully saturated rings. The van der Waals surface area contributed by atoms with Crippen molar-refractivity contribution in [1.82, 2.24) is 4.90 Å². The van der Waals surface area contributed by atoms with Gasteiger partial charge in [-0.05, 0) is 23.8 Å². The Morgan fingerprint density at radius 2 is 2.35 bits per heavy atom. The number of carbonyl (C=O) groups excluding carboxylic acids is 1. The number of hydrogen-bond acceptors (Lipinski definition) is 3. The molecule has 2 rings (SSSR count). The highest BCUT2D eigenvalue weighted by atomic mass is 35.5. The number of piperidine rings is 1. The molecule has 1 aliphatic heterocycles. The first kappa shape index (κ1) is 14.8. The Bertz CT molecular complexity index is 397. The smallest absolute Gasteiger partial charge is 0.265 e. The second-order valence-electron chi connectivity index (χ2n) is 4.28. The van der Waals surface area contributed by atoms with Gasteiger partial charge < -0.3 is 10.6 Å². The number of carbonyl (C=O) groups is 1. The molecule has 2 heterocycles. The molecule has 0 aromatic carbocycles. The average molecular weight is 295 g/mol. The molecule has 0 bridgehead atoms. The Kier molecular flexibility index (Phi) is 5.25. The van der Waals surface area contributed by atoms with Gasteiger partial charge in [-0.1, -0.05) is 18.5 Å². The molecule has 1 aliphatic rings. The van der Waals surface area contributed by atoms with Crippen LogP contribution in [0.2, 0.25) is 5.02 Å². The van der Waals surface area contributed by atoms with Crippen LogP contribution in [0, 0.1) is 5.92 Å². The van der Waals surface area contributed by atoms with Gasteiger partial charge >= 0.3 is 0 Å². The Balaban J connectivity index is 0.00000144. The summed E-state index contributed by atoms with van der Waals surface area (Å²) in [4.78, 5) is 14.6. The first-order chi connectivity index (χ1) is 7.59. The summed E-state index contributed by atoms with van der Waals surface area (Å²) < 4.78 is 0. The summed E-state index contributed by atoms with van der Waals surface area (Å²) in [6.45, 7) is 3.55. The lowest BCUT2D eigenvalue weighted by atomic mass is 9.95. The molecule has 2 N–H and O–H groups in total. The van der Waals surface area contributed by atoms with Crippen molar-refractivity contribution in [3.05, 3.63) is 21.3 Å². The van der Waals surface area contributed by atoms with Gasteiger partial charge in [-0.25, -0.2) is 0 Å². The normalized spacial score (nSPS) is 24.3. The maximum absolute atomic E-state index is 12.1. The molecule has 96 valence electrons. The fourth-order valence-electron chi connectivity index (χ4n) is 1.94. The molecule has 1 amide bonds. The van der Waals surface area contributed by atoms with Gasteiger partial charge in [-0.15, -0.1) is 23.7 Å². The Morgan fingerprint density at radius 3 is 2.88 bits per heavy atom. The number of nitrogens with zero attached hydrogens (tertiary/aromatic N) is 1. The van der Waals surface area contributed by atoms with Crippen molar-refractivity contribution in [3.63, 3.8) is 0 Å². The average Bonchev–Trinajstić information content (AvgIpc) is 2.67. The van der Waals surface area contributed by atoms with Crippen LogP contribution in [0.4, 0.5) is 0 Å². The van der Waals surface area contributed by atoms with Crippen molar-refractivity contribution < 1.29 is 4.79 Å². The van der Waals surface area contributed by atoms with Gasteiger partial charge in [0, 0.05) is 19.1 Å². The highest BCUT2D eigenvalue weighted by Gasteiger charge is 2.28. The molecule has 1 saturated heterocycles. The Morgan fingerprint density at radius 1 is 1.65 bits per heavy atom. The van der Waals surface area contributed by atoms with E-state index in [1.807, 2.05) is 10.3 Å². The van der Waals surface area contributed by atoms with Crippen molar-refractivity contribution in [2.24, 2.45) is 11.7 Å². The third-order valence-corrected chi connectivity index (χ3v) is 4.40. The predicted molar refractivity (Wildman–Crippen MR) is 74.2 cm³/mol. The van der Waals surface area contributed by atoms with Gasteiger partial charge in [0.2, 0.25) is 0 Å². The molecule has 0 spiro atoms. The van der Waals surface area contributed by atoms with E-state index in [0.29, 0.717) is 15.8 Å². The van der Waals surface area contributed by atoms with Gasteiger partial charge in [-0.2, -0.15) is 0 Å². The lowest BCUT2D eigenvalue weighted by molar-refractivity contribution is 0.0669. The second-order valence-corrected chi connectivity index (χ2v) is 5.60. The van der Waals surface area contributed by atoms with Crippen LogP contribution in [0.5, 0.6) is 0 Å². The minimum atomic E-state index is 0. The molecule has 6 heteroatoms. The lowest BCUT2D eigenvalue weighted by Gasteiger charge is -2.34. The van der Waals surface area contributed by atoms with Crippen LogP contribution >= 0.6 is 35.3 Å². The van der Waals surface area contributed by atoms with E-state index in [9.17, 15) is 4.79 Å². The quantitative estimate of drug-likeness (QED) is 0.865. The minimum absolute atomic E-state index is 0. The summed E-state index contributed by atoms with van der Waals surface area (Å²) in [5.41, 5.74) is 5.93. The van der Waals surface area contributed by atoms with E-state index < -0.39 is 0 Å². The van der Waals surface area contributed by atoms with Crippen molar-refractivity contribution in [3.8, 4) is 0 Å². The Labute approximate surface area is 116 Å². The van der Waals surface area contributed by atoms with Crippen LogP contribution in [-0.2, 0) is 0 Å². The van der Waals surface area contributed by atoms with Gasteiger partial charge in [0.15, 0.2) is 0 Å². The van der Waals surface area contributed by atoms with E-state index in [4.69, 9.17) is 17.3 Å². The largest absolute Gasteiger partial charge is 0.338 e. The number of nitrogens with two attached hydrogens (primary N) is 1.